The van der Waals surface area contributed by atoms with Gasteiger partial charge in [0.05, 0.1) is 12.7 Å². The van der Waals surface area contributed by atoms with Gasteiger partial charge in [-0.05, 0) is 71.6 Å². The van der Waals surface area contributed by atoms with E-state index in [1.165, 1.54) is 0 Å². The number of ether oxygens (including phenoxy) is 1. The van der Waals surface area contributed by atoms with Gasteiger partial charge in [0.25, 0.3) is 0 Å². The molecule has 166 valence electrons. The van der Waals surface area contributed by atoms with Gasteiger partial charge in [0.15, 0.2) is 5.82 Å². The lowest BCUT2D eigenvalue weighted by molar-refractivity contribution is -0.124. The fraction of sp³-hybridized carbons (Fsp3) is 0.696. The van der Waals surface area contributed by atoms with Crippen molar-refractivity contribution in [2.24, 2.45) is 11.8 Å². The fourth-order valence-electron chi connectivity index (χ4n) is 4.36. The van der Waals surface area contributed by atoms with Crippen molar-refractivity contribution in [2.75, 3.05) is 11.5 Å². The van der Waals surface area contributed by atoms with E-state index in [2.05, 4.69) is 12.0 Å². The molecule has 2 aliphatic rings. The molecule has 1 saturated carbocycles. The predicted molar refractivity (Wildman–Crippen MR) is 116 cm³/mol. The third kappa shape index (κ3) is 4.94. The van der Waals surface area contributed by atoms with Gasteiger partial charge in [0.2, 0.25) is 5.91 Å². The summed E-state index contributed by atoms with van der Waals surface area (Å²) in [7, 11) is 0. The number of rotatable bonds is 6. The number of allylic oxidation sites excluding steroid dienone is 1. The number of aromatic nitrogens is 2. The van der Waals surface area contributed by atoms with E-state index in [-0.39, 0.29) is 30.6 Å². The minimum absolute atomic E-state index is 0.0344. The van der Waals surface area contributed by atoms with Gasteiger partial charge in [-0.1, -0.05) is 13.0 Å². The lowest BCUT2D eigenvalue weighted by Crippen LogP contribution is -2.43. The predicted octanol–water partition coefficient (Wildman–Crippen LogP) is 4.01. The molecule has 7 nitrogen and oxygen atoms in total. The smallest absolute Gasteiger partial charge is 0.343 e. The van der Waals surface area contributed by atoms with Crippen molar-refractivity contribution in [1.29, 1.82) is 0 Å². The lowest BCUT2D eigenvalue weighted by atomic mass is 9.82. The first-order chi connectivity index (χ1) is 14.3. The molecule has 0 aromatic carbocycles. The van der Waals surface area contributed by atoms with Crippen molar-refractivity contribution in [1.82, 2.24) is 9.78 Å². The molecule has 1 aromatic heterocycles. The highest BCUT2D eigenvalue weighted by molar-refractivity contribution is 6.02. The lowest BCUT2D eigenvalue weighted by Gasteiger charge is -2.32. The van der Waals surface area contributed by atoms with Crippen molar-refractivity contribution in [3.8, 4) is 0 Å². The molecule has 1 aromatic rings. The van der Waals surface area contributed by atoms with Gasteiger partial charge >= 0.3 is 5.97 Å². The number of aliphatic hydroxyl groups is 1. The molecule has 1 atom stereocenters. The van der Waals surface area contributed by atoms with E-state index in [1.54, 1.807) is 22.7 Å². The van der Waals surface area contributed by atoms with Gasteiger partial charge in [0.1, 0.15) is 5.56 Å². The first-order valence-electron chi connectivity index (χ1n) is 11.3. The van der Waals surface area contributed by atoms with Crippen LogP contribution in [0.1, 0.15) is 83.0 Å². The maximum atomic E-state index is 13.5. The zero-order valence-corrected chi connectivity index (χ0v) is 18.6. The van der Waals surface area contributed by atoms with Gasteiger partial charge in [-0.25, -0.2) is 9.48 Å². The Balaban J connectivity index is 1.97. The second kappa shape index (κ2) is 9.77. The van der Waals surface area contributed by atoms with E-state index >= 15 is 0 Å². The van der Waals surface area contributed by atoms with Crippen molar-refractivity contribution in [2.45, 2.75) is 84.8 Å². The van der Waals surface area contributed by atoms with Crippen LogP contribution in [-0.4, -0.2) is 45.5 Å². The summed E-state index contributed by atoms with van der Waals surface area (Å²) < 4.78 is 6.95. The van der Waals surface area contributed by atoms with E-state index in [4.69, 9.17) is 4.74 Å². The van der Waals surface area contributed by atoms with Gasteiger partial charge < -0.3 is 9.84 Å². The highest BCUT2D eigenvalue weighted by atomic mass is 16.5. The van der Waals surface area contributed by atoms with E-state index in [1.807, 2.05) is 19.9 Å². The number of esters is 1. The van der Waals surface area contributed by atoms with Crippen LogP contribution in [-0.2, 0) is 9.53 Å². The molecule has 30 heavy (non-hydrogen) atoms. The molecule has 1 N–H and O–H groups in total. The number of hydrogen-bond donors (Lipinski definition) is 1. The number of carbonyl (C=O) groups is 2. The largest absolute Gasteiger partial charge is 0.462 e. The molecule has 0 spiro atoms. The summed E-state index contributed by atoms with van der Waals surface area (Å²) >= 11 is 0. The number of carbonyl (C=O) groups excluding carboxylic acids is 2. The summed E-state index contributed by atoms with van der Waals surface area (Å²) in [5.74, 6) is 0.572. The Morgan fingerprint density at radius 2 is 1.97 bits per heavy atom. The second-order valence-corrected chi connectivity index (χ2v) is 8.91. The molecule has 0 bridgehead atoms. The van der Waals surface area contributed by atoms with Crippen LogP contribution in [0, 0.1) is 11.8 Å². The number of amides is 1. The number of nitrogens with zero attached hydrogens (tertiary/aromatic N) is 3. The maximum Gasteiger partial charge on any atom is 0.343 e. The average Bonchev–Trinajstić information content (AvgIpc) is 3.14. The molecule has 3 rings (SSSR count). The van der Waals surface area contributed by atoms with Crippen LogP contribution in [0.5, 0.6) is 0 Å². The zero-order chi connectivity index (χ0) is 21.8. The molecule has 0 saturated heterocycles. The molecule has 1 amide bonds. The molecule has 1 fully saturated rings. The Morgan fingerprint density at radius 3 is 2.53 bits per heavy atom. The molecule has 7 heteroatoms. The summed E-state index contributed by atoms with van der Waals surface area (Å²) in [6, 6.07) is -0.129. The number of aliphatic hydroxyl groups excluding tert-OH is 1. The van der Waals surface area contributed by atoms with Gasteiger partial charge in [-0.3, -0.25) is 9.69 Å². The van der Waals surface area contributed by atoms with E-state index in [9.17, 15) is 14.7 Å². The van der Waals surface area contributed by atoms with Crippen molar-refractivity contribution in [3.63, 3.8) is 0 Å². The summed E-state index contributed by atoms with van der Waals surface area (Å²) in [6.07, 6.45) is 9.02. The zero-order valence-electron chi connectivity index (χ0n) is 18.6. The van der Waals surface area contributed by atoms with Crippen LogP contribution in [0.2, 0.25) is 0 Å². The van der Waals surface area contributed by atoms with Crippen LogP contribution in [0.25, 0.3) is 5.70 Å². The SMILES string of the molecule is CCOC(=O)c1cn(C2=CCC(O)CC2)nc1N(C(=O)[C@H]1CC[C@H](C)CC1)C(C)C. The van der Waals surface area contributed by atoms with Crippen LogP contribution >= 0.6 is 0 Å². The molecular formula is C23H35N3O4. The fourth-order valence-corrected chi connectivity index (χ4v) is 4.36. The Bertz CT molecular complexity index is 790. The normalized spacial score (nSPS) is 24.5. The van der Waals surface area contributed by atoms with E-state index in [0.29, 0.717) is 36.6 Å². The summed E-state index contributed by atoms with van der Waals surface area (Å²) in [4.78, 5) is 27.9. The van der Waals surface area contributed by atoms with Crippen LogP contribution < -0.4 is 4.90 Å². The Morgan fingerprint density at radius 1 is 1.27 bits per heavy atom. The van der Waals surface area contributed by atoms with Crippen LogP contribution in [0.3, 0.4) is 0 Å². The summed E-state index contributed by atoms with van der Waals surface area (Å²) in [6.45, 7) is 8.16. The molecule has 1 heterocycles. The quantitative estimate of drug-likeness (QED) is 0.707. The van der Waals surface area contributed by atoms with Gasteiger partial charge in [-0.15, -0.1) is 5.10 Å². The minimum Gasteiger partial charge on any atom is -0.462 e. The first kappa shape index (κ1) is 22.5. The van der Waals surface area contributed by atoms with E-state index in [0.717, 1.165) is 31.4 Å². The van der Waals surface area contributed by atoms with Gasteiger partial charge in [-0.2, -0.15) is 0 Å². The Hall–Kier alpha value is -2.15. The standard InChI is InChI=1S/C23H35N3O4/c1-5-30-23(29)20-14-25(18-10-12-19(27)13-11-18)24-21(20)26(15(2)3)22(28)17-8-6-16(4)7-9-17/h10,14-17,19,27H,5-9,11-13H2,1-4H3/t16-,17-,19?. The highest BCUT2D eigenvalue weighted by Gasteiger charge is 2.34. The average molecular weight is 418 g/mol. The van der Waals surface area contributed by atoms with Crippen molar-refractivity contribution in [3.05, 3.63) is 17.8 Å². The number of hydrogen-bond acceptors (Lipinski definition) is 5. The number of anilines is 1. The van der Waals surface area contributed by atoms with Crippen LogP contribution in [0.15, 0.2) is 12.3 Å². The highest BCUT2D eigenvalue weighted by Crippen LogP contribution is 2.33. The molecular weight excluding hydrogens is 382 g/mol. The third-order valence-corrected chi connectivity index (χ3v) is 6.19. The Labute approximate surface area is 179 Å². The summed E-state index contributed by atoms with van der Waals surface area (Å²) in [5, 5.41) is 14.5. The third-order valence-electron chi connectivity index (χ3n) is 6.19. The van der Waals surface area contributed by atoms with Crippen molar-refractivity contribution >= 4 is 23.4 Å². The molecule has 0 radical (unpaired) electrons. The monoisotopic (exact) mass is 417 g/mol. The van der Waals surface area contributed by atoms with Crippen LogP contribution in [0.4, 0.5) is 5.82 Å². The van der Waals surface area contributed by atoms with Gasteiger partial charge in [0, 0.05) is 23.9 Å². The Kier molecular flexibility index (Phi) is 7.34. The minimum atomic E-state index is -0.467. The molecule has 0 aliphatic heterocycles. The maximum absolute atomic E-state index is 13.5. The second-order valence-electron chi connectivity index (χ2n) is 8.91. The summed E-state index contributed by atoms with van der Waals surface area (Å²) in [5.41, 5.74) is 1.25. The molecule has 1 unspecified atom stereocenters. The topological polar surface area (TPSA) is 84.7 Å². The van der Waals surface area contributed by atoms with Crippen molar-refractivity contribution < 1.29 is 19.4 Å². The molecule has 2 aliphatic carbocycles. The van der Waals surface area contributed by atoms with E-state index < -0.39 is 5.97 Å². The first-order valence-corrected chi connectivity index (χ1v) is 11.3.